The van der Waals surface area contributed by atoms with E-state index in [0.717, 1.165) is 29.6 Å². The van der Waals surface area contributed by atoms with Gasteiger partial charge in [-0.1, -0.05) is 37.3 Å². The number of benzene rings is 1. The van der Waals surface area contributed by atoms with Gasteiger partial charge in [-0.15, -0.1) is 11.3 Å². The number of ether oxygens (including phenoxy) is 1. The minimum absolute atomic E-state index is 0.449. The van der Waals surface area contributed by atoms with Crippen LogP contribution >= 0.6 is 11.3 Å². The maximum atomic E-state index is 5.27. The van der Waals surface area contributed by atoms with Gasteiger partial charge in [0.05, 0.1) is 5.39 Å². The topological polar surface area (TPSA) is 38.2 Å². The van der Waals surface area contributed by atoms with E-state index in [1.807, 2.05) is 6.07 Å². The summed E-state index contributed by atoms with van der Waals surface area (Å²) in [5.74, 6) is 2.54. The average Bonchev–Trinajstić information content (AvgIpc) is 3.21. The second kappa shape index (κ2) is 6.49. The number of rotatable bonds is 4. The van der Waals surface area contributed by atoms with E-state index in [1.54, 1.807) is 18.4 Å². The molecule has 1 aromatic carbocycles. The standard InChI is InChI=1S/C19H21N3OS/c1-13-8-9-22(10-13)18-17-15(14-6-4-3-5-7-14)12-24-19(17)21-16(20-18)11-23-2/h3-7,12-13H,8-11H2,1-2H3. The predicted molar refractivity (Wildman–Crippen MR) is 99.6 cm³/mol. The second-order valence-electron chi connectivity index (χ2n) is 6.43. The Morgan fingerprint density at radius 1 is 1.25 bits per heavy atom. The fourth-order valence-corrected chi connectivity index (χ4v) is 4.31. The molecular formula is C19H21N3OS. The van der Waals surface area contributed by atoms with Gasteiger partial charge in [0.25, 0.3) is 0 Å². The molecule has 0 bridgehead atoms. The normalized spacial score (nSPS) is 17.8. The third kappa shape index (κ3) is 2.78. The minimum atomic E-state index is 0.449. The number of fused-ring (bicyclic) bond motifs is 1. The molecular weight excluding hydrogens is 318 g/mol. The van der Waals surface area contributed by atoms with E-state index in [4.69, 9.17) is 14.7 Å². The van der Waals surface area contributed by atoms with E-state index >= 15 is 0 Å². The van der Waals surface area contributed by atoms with Crippen molar-refractivity contribution < 1.29 is 4.74 Å². The minimum Gasteiger partial charge on any atom is -0.377 e. The molecule has 1 fully saturated rings. The Morgan fingerprint density at radius 3 is 2.79 bits per heavy atom. The summed E-state index contributed by atoms with van der Waals surface area (Å²) in [4.78, 5) is 13.0. The van der Waals surface area contributed by atoms with Crippen molar-refractivity contribution in [1.29, 1.82) is 0 Å². The van der Waals surface area contributed by atoms with Gasteiger partial charge >= 0.3 is 0 Å². The summed E-state index contributed by atoms with van der Waals surface area (Å²) in [6.45, 7) is 4.87. The van der Waals surface area contributed by atoms with Crippen LogP contribution in [0, 0.1) is 5.92 Å². The fourth-order valence-electron chi connectivity index (χ4n) is 3.35. The number of hydrogen-bond acceptors (Lipinski definition) is 5. The van der Waals surface area contributed by atoms with E-state index in [9.17, 15) is 0 Å². The van der Waals surface area contributed by atoms with Crippen molar-refractivity contribution >= 4 is 27.4 Å². The number of methoxy groups -OCH3 is 1. The molecule has 124 valence electrons. The third-order valence-electron chi connectivity index (χ3n) is 4.54. The lowest BCUT2D eigenvalue weighted by atomic mass is 10.1. The number of aromatic nitrogens is 2. The van der Waals surface area contributed by atoms with Gasteiger partial charge < -0.3 is 9.64 Å². The molecule has 0 amide bonds. The lowest BCUT2D eigenvalue weighted by molar-refractivity contribution is 0.178. The van der Waals surface area contributed by atoms with Crippen molar-refractivity contribution in [2.45, 2.75) is 20.0 Å². The first-order valence-corrected chi connectivity index (χ1v) is 9.21. The molecule has 1 aliphatic rings. The van der Waals surface area contributed by atoms with Crippen molar-refractivity contribution in [2.75, 3.05) is 25.1 Å². The summed E-state index contributed by atoms with van der Waals surface area (Å²) in [6, 6.07) is 10.5. The molecule has 0 spiro atoms. The Bertz CT molecular complexity index is 846. The predicted octanol–water partition coefficient (Wildman–Crippen LogP) is 4.35. The molecule has 1 aliphatic heterocycles. The van der Waals surface area contributed by atoms with Crippen molar-refractivity contribution in [1.82, 2.24) is 9.97 Å². The van der Waals surface area contributed by atoms with Gasteiger partial charge in [0, 0.05) is 31.1 Å². The summed E-state index contributed by atoms with van der Waals surface area (Å²) >= 11 is 1.69. The Hall–Kier alpha value is -1.98. The first-order chi connectivity index (χ1) is 11.8. The lowest BCUT2D eigenvalue weighted by Gasteiger charge is -2.19. The maximum absolute atomic E-state index is 5.27. The van der Waals surface area contributed by atoms with Crippen molar-refractivity contribution in [3.05, 3.63) is 41.5 Å². The van der Waals surface area contributed by atoms with Crippen LogP contribution in [0.5, 0.6) is 0 Å². The fraction of sp³-hybridized carbons (Fsp3) is 0.368. The molecule has 1 atom stereocenters. The van der Waals surface area contributed by atoms with Crippen LogP contribution in [0.1, 0.15) is 19.2 Å². The van der Waals surface area contributed by atoms with Crippen LogP contribution in [0.25, 0.3) is 21.3 Å². The largest absolute Gasteiger partial charge is 0.377 e. The highest BCUT2D eigenvalue weighted by Crippen LogP contribution is 2.39. The highest BCUT2D eigenvalue weighted by molar-refractivity contribution is 7.17. The van der Waals surface area contributed by atoms with Crippen molar-refractivity contribution in [3.8, 4) is 11.1 Å². The SMILES string of the molecule is COCc1nc(N2CCC(C)C2)c2c(-c3ccccc3)csc2n1. The molecule has 4 rings (SSSR count). The highest BCUT2D eigenvalue weighted by atomic mass is 32.1. The van der Waals surface area contributed by atoms with Crippen LogP contribution in [-0.4, -0.2) is 30.2 Å². The van der Waals surface area contributed by atoms with Gasteiger partial charge in [-0.05, 0) is 17.9 Å². The number of thiophene rings is 1. The molecule has 0 radical (unpaired) electrons. The maximum Gasteiger partial charge on any atom is 0.158 e. The molecule has 4 nitrogen and oxygen atoms in total. The number of anilines is 1. The molecule has 2 aromatic heterocycles. The van der Waals surface area contributed by atoms with Crippen molar-refractivity contribution in [2.24, 2.45) is 5.92 Å². The van der Waals surface area contributed by atoms with E-state index < -0.39 is 0 Å². The molecule has 0 saturated carbocycles. The van der Waals surface area contributed by atoms with E-state index in [-0.39, 0.29) is 0 Å². The van der Waals surface area contributed by atoms with Gasteiger partial charge in [0.15, 0.2) is 5.82 Å². The zero-order chi connectivity index (χ0) is 16.5. The van der Waals surface area contributed by atoms with Crippen LogP contribution in [0.3, 0.4) is 0 Å². The molecule has 3 heterocycles. The van der Waals surface area contributed by atoms with Crippen LogP contribution < -0.4 is 4.90 Å². The molecule has 3 aromatic rings. The smallest absolute Gasteiger partial charge is 0.158 e. The monoisotopic (exact) mass is 339 g/mol. The Morgan fingerprint density at radius 2 is 2.08 bits per heavy atom. The quantitative estimate of drug-likeness (QED) is 0.708. The Balaban J connectivity index is 1.90. The first-order valence-electron chi connectivity index (χ1n) is 8.33. The summed E-state index contributed by atoms with van der Waals surface area (Å²) in [5.41, 5.74) is 2.45. The summed E-state index contributed by atoms with van der Waals surface area (Å²) in [7, 11) is 1.69. The number of hydrogen-bond donors (Lipinski definition) is 0. The zero-order valence-electron chi connectivity index (χ0n) is 14.0. The molecule has 5 heteroatoms. The lowest BCUT2D eigenvalue weighted by Crippen LogP contribution is -2.21. The van der Waals surface area contributed by atoms with Crippen LogP contribution in [0.15, 0.2) is 35.7 Å². The van der Waals surface area contributed by atoms with E-state index in [1.165, 1.54) is 22.9 Å². The molecule has 0 aliphatic carbocycles. The van der Waals surface area contributed by atoms with Crippen LogP contribution in [0.2, 0.25) is 0 Å². The van der Waals surface area contributed by atoms with E-state index in [0.29, 0.717) is 12.5 Å². The molecule has 0 N–H and O–H groups in total. The van der Waals surface area contributed by atoms with Gasteiger partial charge in [-0.3, -0.25) is 0 Å². The van der Waals surface area contributed by atoms with Gasteiger partial charge in [0.2, 0.25) is 0 Å². The number of nitrogens with zero attached hydrogens (tertiary/aromatic N) is 3. The van der Waals surface area contributed by atoms with Gasteiger partial charge in [-0.2, -0.15) is 0 Å². The second-order valence-corrected chi connectivity index (χ2v) is 7.29. The highest BCUT2D eigenvalue weighted by Gasteiger charge is 2.25. The van der Waals surface area contributed by atoms with E-state index in [2.05, 4.69) is 41.5 Å². The van der Waals surface area contributed by atoms with Crippen LogP contribution in [-0.2, 0) is 11.3 Å². The summed E-state index contributed by atoms with van der Waals surface area (Å²) in [5, 5.41) is 3.38. The first kappa shape index (κ1) is 15.5. The molecule has 1 saturated heterocycles. The summed E-state index contributed by atoms with van der Waals surface area (Å²) in [6.07, 6.45) is 1.22. The van der Waals surface area contributed by atoms with Gasteiger partial charge in [0.1, 0.15) is 17.3 Å². The van der Waals surface area contributed by atoms with Gasteiger partial charge in [-0.25, -0.2) is 9.97 Å². The van der Waals surface area contributed by atoms with Crippen molar-refractivity contribution in [3.63, 3.8) is 0 Å². The third-order valence-corrected chi connectivity index (χ3v) is 5.41. The van der Waals surface area contributed by atoms with Crippen LogP contribution in [0.4, 0.5) is 5.82 Å². The Kier molecular flexibility index (Phi) is 4.21. The average molecular weight is 339 g/mol. The zero-order valence-corrected chi connectivity index (χ0v) is 14.8. The molecule has 24 heavy (non-hydrogen) atoms. The molecule has 1 unspecified atom stereocenters. The summed E-state index contributed by atoms with van der Waals surface area (Å²) < 4.78 is 5.27. The Labute approximate surface area is 146 Å².